The molecule has 2 heterocycles. The van der Waals surface area contributed by atoms with Crippen molar-refractivity contribution in [1.82, 2.24) is 9.55 Å². The summed E-state index contributed by atoms with van der Waals surface area (Å²) in [5, 5.41) is 2.63. The van der Waals surface area contributed by atoms with Crippen LogP contribution < -0.4 is 5.56 Å². The lowest BCUT2D eigenvalue weighted by molar-refractivity contribution is 0.910. The van der Waals surface area contributed by atoms with E-state index in [9.17, 15) is 4.79 Å². The van der Waals surface area contributed by atoms with Crippen molar-refractivity contribution >= 4 is 33.4 Å². The van der Waals surface area contributed by atoms with Crippen molar-refractivity contribution in [3.8, 4) is 22.3 Å². The van der Waals surface area contributed by atoms with Gasteiger partial charge < -0.3 is 9.55 Å². The minimum atomic E-state index is -0.0292. The fourth-order valence-corrected chi connectivity index (χ4v) is 4.12. The highest BCUT2D eigenvalue weighted by atomic mass is 35.5. The van der Waals surface area contributed by atoms with Crippen molar-refractivity contribution in [1.29, 1.82) is 0 Å². The summed E-state index contributed by atoms with van der Waals surface area (Å²) < 4.78 is 1.70. The van der Waals surface area contributed by atoms with E-state index in [0.717, 1.165) is 38.5 Å². The zero-order chi connectivity index (χ0) is 19.3. The van der Waals surface area contributed by atoms with Crippen molar-refractivity contribution in [2.24, 2.45) is 7.05 Å². The lowest BCUT2D eigenvalue weighted by Crippen LogP contribution is -2.20. The molecule has 0 amide bonds. The normalized spacial score (nSPS) is 11.4. The van der Waals surface area contributed by atoms with E-state index in [2.05, 4.69) is 4.98 Å². The van der Waals surface area contributed by atoms with E-state index in [1.807, 2.05) is 86.0 Å². The summed E-state index contributed by atoms with van der Waals surface area (Å²) in [4.78, 5) is 16.8. The molecule has 0 saturated carbocycles. The number of benzene rings is 3. The van der Waals surface area contributed by atoms with E-state index in [0.29, 0.717) is 10.6 Å². The van der Waals surface area contributed by atoms with Crippen LogP contribution in [-0.2, 0) is 7.05 Å². The quantitative estimate of drug-likeness (QED) is 0.397. The minimum absolute atomic E-state index is 0.0292. The van der Waals surface area contributed by atoms with Gasteiger partial charge in [-0.25, -0.2) is 0 Å². The smallest absolute Gasteiger partial charge is 0.259 e. The Morgan fingerprint density at radius 2 is 1.61 bits per heavy atom. The van der Waals surface area contributed by atoms with Gasteiger partial charge in [0.25, 0.3) is 5.56 Å². The van der Waals surface area contributed by atoms with E-state index in [4.69, 9.17) is 11.6 Å². The van der Waals surface area contributed by atoms with Crippen LogP contribution in [0.5, 0.6) is 0 Å². The van der Waals surface area contributed by atoms with Crippen LogP contribution in [0.2, 0.25) is 5.02 Å². The summed E-state index contributed by atoms with van der Waals surface area (Å²) in [5.41, 5.74) is 5.32. The third-order valence-electron chi connectivity index (χ3n) is 5.28. The van der Waals surface area contributed by atoms with E-state index < -0.39 is 0 Å². The number of rotatable bonds is 2. The van der Waals surface area contributed by atoms with Gasteiger partial charge >= 0.3 is 0 Å². The fraction of sp³-hybridized carbons (Fsp3) is 0.0417. The Labute approximate surface area is 166 Å². The monoisotopic (exact) mass is 384 g/mol. The lowest BCUT2D eigenvalue weighted by Gasteiger charge is -2.16. The number of nitrogens with one attached hydrogen (secondary N) is 1. The van der Waals surface area contributed by atoms with Crippen LogP contribution >= 0.6 is 11.6 Å². The Balaban J connectivity index is 2.02. The summed E-state index contributed by atoms with van der Waals surface area (Å²) in [6, 6.07) is 23.7. The molecule has 3 nitrogen and oxygen atoms in total. The molecule has 1 N–H and O–H groups in total. The Morgan fingerprint density at radius 1 is 0.857 bits per heavy atom. The van der Waals surface area contributed by atoms with Gasteiger partial charge in [-0.15, -0.1) is 0 Å². The molecule has 0 saturated heterocycles. The van der Waals surface area contributed by atoms with Crippen molar-refractivity contribution in [3.05, 3.63) is 94.4 Å². The largest absolute Gasteiger partial charge is 0.361 e. The van der Waals surface area contributed by atoms with Crippen LogP contribution in [0.3, 0.4) is 0 Å². The molecular formula is C24H17ClN2O. The first-order valence-corrected chi connectivity index (χ1v) is 9.47. The zero-order valence-electron chi connectivity index (χ0n) is 15.2. The average molecular weight is 385 g/mol. The molecule has 0 atom stereocenters. The van der Waals surface area contributed by atoms with Gasteiger partial charge in [0.05, 0.1) is 11.1 Å². The Hall–Kier alpha value is -3.30. The number of hydrogen-bond donors (Lipinski definition) is 1. The first-order valence-electron chi connectivity index (χ1n) is 9.09. The maximum atomic E-state index is 13.5. The highest BCUT2D eigenvalue weighted by Gasteiger charge is 2.20. The third-order valence-corrected chi connectivity index (χ3v) is 5.51. The first kappa shape index (κ1) is 16.8. The molecule has 0 aliphatic rings. The highest BCUT2D eigenvalue weighted by molar-refractivity contribution is 6.31. The molecule has 28 heavy (non-hydrogen) atoms. The number of pyridine rings is 1. The number of halogens is 1. The maximum Gasteiger partial charge on any atom is 0.259 e. The second-order valence-corrected chi connectivity index (χ2v) is 7.33. The van der Waals surface area contributed by atoms with Crippen LogP contribution in [0, 0.1) is 0 Å². The molecule has 4 heteroatoms. The zero-order valence-corrected chi connectivity index (χ0v) is 16.0. The second kappa shape index (κ2) is 6.39. The van der Waals surface area contributed by atoms with E-state index in [1.54, 1.807) is 4.57 Å². The number of para-hydroxylation sites is 1. The van der Waals surface area contributed by atoms with Gasteiger partial charge in [-0.2, -0.15) is 0 Å². The molecular weight excluding hydrogens is 368 g/mol. The van der Waals surface area contributed by atoms with Crippen molar-refractivity contribution < 1.29 is 0 Å². The van der Waals surface area contributed by atoms with Crippen molar-refractivity contribution in [2.75, 3.05) is 0 Å². The molecule has 0 bridgehead atoms. The van der Waals surface area contributed by atoms with Crippen LogP contribution in [0.1, 0.15) is 0 Å². The molecule has 0 aliphatic heterocycles. The number of hydrogen-bond acceptors (Lipinski definition) is 1. The predicted octanol–water partition coefficient (Wildman–Crippen LogP) is 6.01. The first-order chi connectivity index (χ1) is 13.6. The molecule has 5 aromatic rings. The Kier molecular flexibility index (Phi) is 3.85. The van der Waals surface area contributed by atoms with Crippen molar-refractivity contribution in [3.63, 3.8) is 0 Å². The number of aromatic amines is 1. The average Bonchev–Trinajstić information content (AvgIpc) is 3.15. The summed E-state index contributed by atoms with van der Waals surface area (Å²) >= 11 is 6.35. The number of nitrogens with zero attached hydrogens (tertiary/aromatic N) is 1. The predicted molar refractivity (Wildman–Crippen MR) is 117 cm³/mol. The van der Waals surface area contributed by atoms with Gasteiger partial charge in [0.1, 0.15) is 0 Å². The minimum Gasteiger partial charge on any atom is -0.361 e. The van der Waals surface area contributed by atoms with Gasteiger partial charge in [0.2, 0.25) is 0 Å². The topological polar surface area (TPSA) is 37.8 Å². The number of aromatic nitrogens is 2. The Morgan fingerprint density at radius 3 is 2.43 bits per heavy atom. The van der Waals surface area contributed by atoms with Crippen LogP contribution in [0.4, 0.5) is 0 Å². The molecule has 3 aromatic carbocycles. The standard InChI is InChI=1S/C24H17ClN2O/c1-27-21-12-11-16(25)13-18(21)22(15-7-3-2-4-8-15)23(24(27)28)19-14-26-20-10-6-5-9-17(19)20/h2-14,26H,1H3. The van der Waals surface area contributed by atoms with E-state index >= 15 is 0 Å². The molecule has 0 unspecified atom stereocenters. The fourth-order valence-electron chi connectivity index (χ4n) is 3.95. The summed E-state index contributed by atoms with van der Waals surface area (Å²) in [5.74, 6) is 0. The molecule has 0 radical (unpaired) electrons. The number of aryl methyl sites for hydroxylation is 1. The highest BCUT2D eigenvalue weighted by Crippen LogP contribution is 2.39. The van der Waals surface area contributed by atoms with Gasteiger partial charge in [-0.05, 0) is 29.8 Å². The number of fused-ring (bicyclic) bond motifs is 2. The van der Waals surface area contributed by atoms with Crippen LogP contribution in [0.15, 0.2) is 83.8 Å². The van der Waals surface area contributed by atoms with Crippen LogP contribution in [0.25, 0.3) is 44.1 Å². The third kappa shape index (κ3) is 2.48. The van der Waals surface area contributed by atoms with E-state index in [-0.39, 0.29) is 5.56 Å². The number of H-pyrrole nitrogens is 1. The maximum absolute atomic E-state index is 13.5. The van der Waals surface area contributed by atoms with Gasteiger partial charge in [0.15, 0.2) is 0 Å². The molecule has 5 rings (SSSR count). The molecule has 0 aliphatic carbocycles. The molecule has 2 aromatic heterocycles. The summed E-state index contributed by atoms with van der Waals surface area (Å²) in [6.07, 6.45) is 1.92. The van der Waals surface area contributed by atoms with Gasteiger partial charge in [0, 0.05) is 45.7 Å². The summed E-state index contributed by atoms with van der Waals surface area (Å²) in [7, 11) is 1.81. The molecule has 0 spiro atoms. The van der Waals surface area contributed by atoms with Gasteiger partial charge in [-0.3, -0.25) is 4.79 Å². The molecule has 136 valence electrons. The Bertz CT molecular complexity index is 1400. The molecule has 0 fully saturated rings. The second-order valence-electron chi connectivity index (χ2n) is 6.89. The lowest BCUT2D eigenvalue weighted by atomic mass is 9.92. The van der Waals surface area contributed by atoms with Gasteiger partial charge in [-0.1, -0.05) is 60.1 Å². The van der Waals surface area contributed by atoms with Crippen LogP contribution in [-0.4, -0.2) is 9.55 Å². The van der Waals surface area contributed by atoms with Crippen molar-refractivity contribution in [2.45, 2.75) is 0 Å². The SMILES string of the molecule is Cn1c(=O)c(-c2c[nH]c3ccccc23)c(-c2ccccc2)c2cc(Cl)ccc21. The summed E-state index contributed by atoms with van der Waals surface area (Å²) in [6.45, 7) is 0. The van der Waals surface area contributed by atoms with E-state index in [1.165, 1.54) is 0 Å².